The number of benzene rings is 1. The predicted octanol–water partition coefficient (Wildman–Crippen LogP) is 3.40. The maximum absolute atomic E-state index is 11.0. The Bertz CT molecular complexity index is 811. The molecule has 1 aromatic carbocycles. The predicted molar refractivity (Wildman–Crippen MR) is 79.2 cm³/mol. The van der Waals surface area contributed by atoms with Gasteiger partial charge in [0.2, 0.25) is 0 Å². The molecule has 0 unspecified atom stereocenters. The molecule has 0 aliphatic carbocycles. The summed E-state index contributed by atoms with van der Waals surface area (Å²) in [5, 5.41) is 12.8. The molecule has 106 valence electrons. The first-order valence-corrected chi connectivity index (χ1v) is 6.33. The van der Waals surface area contributed by atoms with Gasteiger partial charge in [-0.1, -0.05) is 0 Å². The zero-order valence-electron chi connectivity index (χ0n) is 11.3. The van der Waals surface area contributed by atoms with Gasteiger partial charge in [0, 0.05) is 30.9 Å². The molecule has 2 N–H and O–H groups in total. The molecule has 0 bridgehead atoms. The number of hydrogen-bond donors (Lipinski definition) is 2. The molecule has 0 aliphatic rings. The van der Waals surface area contributed by atoms with Crippen molar-refractivity contribution in [1.82, 2.24) is 9.55 Å². The number of hydrogen-bond acceptors (Lipinski definition) is 4. The number of nitrogens with zero attached hydrogens (tertiary/aromatic N) is 2. The van der Waals surface area contributed by atoms with E-state index in [9.17, 15) is 4.79 Å². The first-order chi connectivity index (χ1) is 10.2. The number of nitrogens with one attached hydrogen (secondary N) is 1. The lowest BCUT2D eigenvalue weighted by molar-refractivity contribution is 0.197. The van der Waals surface area contributed by atoms with E-state index in [1.54, 1.807) is 49.6 Å². The average Bonchev–Trinajstić information content (AvgIpc) is 2.90. The summed E-state index contributed by atoms with van der Waals surface area (Å²) >= 11 is 0. The number of anilines is 1. The van der Waals surface area contributed by atoms with E-state index in [1.165, 1.54) is 10.8 Å². The van der Waals surface area contributed by atoms with Crippen molar-refractivity contribution >= 4 is 22.8 Å². The third-order valence-electron chi connectivity index (χ3n) is 3.09. The summed E-state index contributed by atoms with van der Waals surface area (Å²) in [6, 6.07) is 10.5. The molecule has 2 heterocycles. The maximum Gasteiger partial charge on any atom is 0.415 e. The number of rotatable bonds is 3. The Morgan fingerprint density at radius 2 is 2.05 bits per heavy atom. The van der Waals surface area contributed by atoms with Gasteiger partial charge in [0.05, 0.1) is 5.52 Å². The highest BCUT2D eigenvalue weighted by Gasteiger charge is 2.08. The highest BCUT2D eigenvalue weighted by molar-refractivity contribution is 5.89. The lowest BCUT2D eigenvalue weighted by Crippen LogP contribution is -2.05. The molecule has 2 aromatic heterocycles. The van der Waals surface area contributed by atoms with E-state index in [0.29, 0.717) is 22.8 Å². The fraction of sp³-hybridized carbons (Fsp3) is 0.0667. The third kappa shape index (κ3) is 2.51. The van der Waals surface area contributed by atoms with Crippen molar-refractivity contribution in [3.63, 3.8) is 0 Å². The van der Waals surface area contributed by atoms with E-state index >= 15 is 0 Å². The molecule has 0 amide bonds. The van der Waals surface area contributed by atoms with Gasteiger partial charge < -0.3 is 15.2 Å². The molecule has 0 fully saturated rings. The van der Waals surface area contributed by atoms with Gasteiger partial charge >= 0.3 is 6.09 Å². The van der Waals surface area contributed by atoms with Crippen LogP contribution in [0.15, 0.2) is 48.8 Å². The third-order valence-corrected chi connectivity index (χ3v) is 3.09. The Hall–Kier alpha value is -3.02. The number of carbonyl (C=O) groups is 1. The van der Waals surface area contributed by atoms with E-state index in [0.717, 1.165) is 5.39 Å². The minimum absolute atomic E-state index is 0.625. The summed E-state index contributed by atoms with van der Waals surface area (Å²) < 4.78 is 6.93. The Labute approximate surface area is 120 Å². The fourth-order valence-electron chi connectivity index (χ4n) is 2.10. The smallest absolute Gasteiger partial charge is 0.415 e. The van der Waals surface area contributed by atoms with Crippen LogP contribution in [0, 0.1) is 0 Å². The van der Waals surface area contributed by atoms with Gasteiger partial charge in [-0.15, -0.1) is 0 Å². The molecule has 6 nitrogen and oxygen atoms in total. The molecule has 0 spiro atoms. The number of fused-ring (bicyclic) bond motifs is 1. The SMILES string of the molecule is CNc1cc(Oc2ccc3c(ccn3C(=O)O)c2)ccn1. The van der Waals surface area contributed by atoms with Crippen molar-refractivity contribution in [2.45, 2.75) is 0 Å². The topological polar surface area (TPSA) is 76.4 Å². The maximum atomic E-state index is 11.0. The average molecular weight is 283 g/mol. The van der Waals surface area contributed by atoms with Crippen molar-refractivity contribution in [2.75, 3.05) is 12.4 Å². The Morgan fingerprint density at radius 3 is 2.81 bits per heavy atom. The summed E-state index contributed by atoms with van der Waals surface area (Å²) in [5.41, 5.74) is 0.625. The number of aromatic nitrogens is 2. The van der Waals surface area contributed by atoms with Crippen LogP contribution in [0.25, 0.3) is 10.9 Å². The summed E-state index contributed by atoms with van der Waals surface area (Å²) in [6.45, 7) is 0. The quantitative estimate of drug-likeness (QED) is 0.770. The van der Waals surface area contributed by atoms with Crippen molar-refractivity contribution in [2.24, 2.45) is 0 Å². The highest BCUT2D eigenvalue weighted by atomic mass is 16.5. The Kier molecular flexibility index (Phi) is 3.19. The van der Waals surface area contributed by atoms with Crippen LogP contribution in [0.4, 0.5) is 10.6 Å². The Morgan fingerprint density at radius 1 is 1.24 bits per heavy atom. The molecule has 0 radical (unpaired) electrons. The van der Waals surface area contributed by atoms with Gasteiger partial charge in [-0.05, 0) is 30.3 Å². The van der Waals surface area contributed by atoms with E-state index < -0.39 is 6.09 Å². The minimum Gasteiger partial charge on any atom is -0.464 e. The van der Waals surface area contributed by atoms with E-state index in [1.807, 2.05) is 0 Å². The van der Waals surface area contributed by atoms with Crippen LogP contribution in [0.5, 0.6) is 11.5 Å². The van der Waals surface area contributed by atoms with Gasteiger partial charge in [-0.25, -0.2) is 9.78 Å². The van der Waals surface area contributed by atoms with Crippen molar-refractivity contribution < 1.29 is 14.6 Å². The first-order valence-electron chi connectivity index (χ1n) is 6.33. The van der Waals surface area contributed by atoms with E-state index in [2.05, 4.69) is 10.3 Å². The van der Waals surface area contributed by atoms with E-state index in [4.69, 9.17) is 9.84 Å². The molecule has 0 saturated heterocycles. The lowest BCUT2D eigenvalue weighted by Gasteiger charge is -2.07. The number of carboxylic acid groups (broad SMARTS) is 1. The molecule has 3 aromatic rings. The van der Waals surface area contributed by atoms with Gasteiger partial charge in [-0.2, -0.15) is 0 Å². The molecular formula is C15H13N3O3. The number of ether oxygens (including phenoxy) is 1. The zero-order valence-corrected chi connectivity index (χ0v) is 11.3. The molecule has 21 heavy (non-hydrogen) atoms. The zero-order chi connectivity index (χ0) is 14.8. The van der Waals surface area contributed by atoms with Crippen molar-refractivity contribution in [3.8, 4) is 11.5 Å². The minimum atomic E-state index is -1.01. The van der Waals surface area contributed by atoms with Crippen LogP contribution in [0.1, 0.15) is 0 Å². The second-order valence-electron chi connectivity index (χ2n) is 4.42. The van der Waals surface area contributed by atoms with Gasteiger partial charge in [0.1, 0.15) is 17.3 Å². The number of pyridine rings is 1. The summed E-state index contributed by atoms with van der Waals surface area (Å²) in [7, 11) is 1.78. The summed E-state index contributed by atoms with van der Waals surface area (Å²) in [5.74, 6) is 2.01. The van der Waals surface area contributed by atoms with Crippen LogP contribution >= 0.6 is 0 Å². The normalized spacial score (nSPS) is 10.5. The molecule has 0 saturated carbocycles. The van der Waals surface area contributed by atoms with Gasteiger partial charge in [0.15, 0.2) is 0 Å². The molecule has 3 rings (SSSR count). The second-order valence-corrected chi connectivity index (χ2v) is 4.42. The van der Waals surface area contributed by atoms with Crippen molar-refractivity contribution in [3.05, 3.63) is 48.8 Å². The van der Waals surface area contributed by atoms with Crippen LogP contribution in [0.2, 0.25) is 0 Å². The summed E-state index contributed by atoms with van der Waals surface area (Å²) in [4.78, 5) is 15.2. The van der Waals surface area contributed by atoms with Crippen LogP contribution in [-0.4, -0.2) is 27.8 Å². The molecular weight excluding hydrogens is 270 g/mol. The van der Waals surface area contributed by atoms with Crippen LogP contribution in [-0.2, 0) is 0 Å². The van der Waals surface area contributed by atoms with Crippen LogP contribution < -0.4 is 10.1 Å². The molecule has 6 heteroatoms. The largest absolute Gasteiger partial charge is 0.464 e. The molecule has 0 aliphatic heterocycles. The second kappa shape index (κ2) is 5.16. The van der Waals surface area contributed by atoms with Gasteiger partial charge in [0.25, 0.3) is 0 Å². The molecule has 0 atom stereocenters. The first kappa shape index (κ1) is 13.0. The van der Waals surface area contributed by atoms with Crippen LogP contribution in [0.3, 0.4) is 0 Å². The van der Waals surface area contributed by atoms with Crippen molar-refractivity contribution in [1.29, 1.82) is 0 Å². The van der Waals surface area contributed by atoms with Gasteiger partial charge in [-0.3, -0.25) is 4.57 Å². The fourth-order valence-corrected chi connectivity index (χ4v) is 2.10. The highest BCUT2D eigenvalue weighted by Crippen LogP contribution is 2.27. The lowest BCUT2D eigenvalue weighted by atomic mass is 10.2. The monoisotopic (exact) mass is 283 g/mol. The standard InChI is InChI=1S/C15H13N3O3/c1-16-14-9-12(4-6-17-14)21-11-2-3-13-10(8-11)5-7-18(13)15(19)20/h2-9H,1H3,(H,16,17)(H,19,20). The van der Waals surface area contributed by atoms with E-state index in [-0.39, 0.29) is 0 Å². The summed E-state index contributed by atoms with van der Waals surface area (Å²) in [6.07, 6.45) is 2.16. The Balaban J connectivity index is 1.92.